The van der Waals surface area contributed by atoms with Crippen LogP contribution in [-0.2, 0) is 13.5 Å². The molecular weight excluding hydrogens is 358 g/mol. The molecule has 0 saturated carbocycles. The molecule has 0 radical (unpaired) electrons. The summed E-state index contributed by atoms with van der Waals surface area (Å²) in [6, 6.07) is 10.5. The van der Waals surface area contributed by atoms with Crippen LogP contribution in [0, 0.1) is 12.8 Å². The monoisotopic (exact) mass is 381 g/mol. The first-order chi connectivity index (χ1) is 13.0. The first kappa shape index (κ1) is 17.9. The molecule has 27 heavy (non-hydrogen) atoms. The highest BCUT2D eigenvalue weighted by molar-refractivity contribution is 7.20. The fourth-order valence-electron chi connectivity index (χ4n) is 3.84. The van der Waals surface area contributed by atoms with Crippen LogP contribution in [0.2, 0.25) is 0 Å². The van der Waals surface area contributed by atoms with Gasteiger partial charge in [0.05, 0.1) is 16.6 Å². The summed E-state index contributed by atoms with van der Waals surface area (Å²) in [5, 5.41) is 0.576. The van der Waals surface area contributed by atoms with Crippen LogP contribution in [0.4, 0.5) is 0 Å². The number of hydrogen-bond acceptors (Lipinski definition) is 4. The predicted octanol–water partition coefficient (Wildman–Crippen LogP) is 3.40. The van der Waals surface area contributed by atoms with Gasteiger partial charge >= 0.3 is 0 Å². The highest BCUT2D eigenvalue weighted by atomic mass is 32.1. The van der Waals surface area contributed by atoms with Crippen molar-refractivity contribution in [2.24, 2.45) is 13.0 Å². The Hall–Kier alpha value is -2.47. The normalized spacial score (nSPS) is 15.4. The summed E-state index contributed by atoms with van der Waals surface area (Å²) in [6.45, 7) is 3.40. The number of piperidine rings is 1. The van der Waals surface area contributed by atoms with E-state index in [2.05, 4.69) is 29.2 Å². The third-order valence-electron chi connectivity index (χ3n) is 5.47. The highest BCUT2D eigenvalue weighted by Crippen LogP contribution is 2.30. The number of aromatic nitrogens is 2. The molecule has 6 heteroatoms. The summed E-state index contributed by atoms with van der Waals surface area (Å²) in [4.78, 5) is 33.0. The number of nitrogens with zero attached hydrogens (tertiary/aromatic N) is 3. The molecule has 0 N–H and O–H groups in total. The van der Waals surface area contributed by atoms with Gasteiger partial charge in [0.2, 0.25) is 0 Å². The Morgan fingerprint density at radius 3 is 2.63 bits per heavy atom. The van der Waals surface area contributed by atoms with E-state index in [1.54, 1.807) is 7.05 Å². The summed E-state index contributed by atoms with van der Waals surface area (Å²) < 4.78 is 1.46. The van der Waals surface area contributed by atoms with Crippen LogP contribution in [0.25, 0.3) is 10.2 Å². The SMILES string of the molecule is Cc1c(C(=O)N2CCC(Cc3ccccc3)CC2)sc2ncn(C)c(=O)c12. The van der Waals surface area contributed by atoms with E-state index in [0.29, 0.717) is 21.0 Å². The molecule has 1 aliphatic heterocycles. The van der Waals surface area contributed by atoms with E-state index in [-0.39, 0.29) is 11.5 Å². The smallest absolute Gasteiger partial charge is 0.264 e. The van der Waals surface area contributed by atoms with Crippen LogP contribution in [-0.4, -0.2) is 33.4 Å². The molecule has 0 spiro atoms. The van der Waals surface area contributed by atoms with Crippen LogP contribution < -0.4 is 5.56 Å². The molecule has 1 aromatic carbocycles. The van der Waals surface area contributed by atoms with Crippen LogP contribution in [0.1, 0.15) is 33.6 Å². The standard InChI is InChI=1S/C21H23N3O2S/c1-14-17-19(22-13-23(2)20(17)25)27-18(14)21(26)24-10-8-16(9-11-24)12-15-6-4-3-5-7-15/h3-7,13,16H,8-12H2,1-2H3. The molecule has 1 saturated heterocycles. The minimum Gasteiger partial charge on any atom is -0.338 e. The van der Waals surface area contributed by atoms with E-state index in [1.807, 2.05) is 17.9 Å². The lowest BCUT2D eigenvalue weighted by Crippen LogP contribution is -2.38. The van der Waals surface area contributed by atoms with Gasteiger partial charge in [-0.25, -0.2) is 4.98 Å². The fraction of sp³-hybridized carbons (Fsp3) is 0.381. The number of benzene rings is 1. The third kappa shape index (κ3) is 3.41. The lowest BCUT2D eigenvalue weighted by atomic mass is 9.90. The Labute approximate surface area is 162 Å². The maximum absolute atomic E-state index is 13.1. The molecule has 1 fully saturated rings. The van der Waals surface area contributed by atoms with Gasteiger partial charge < -0.3 is 9.47 Å². The van der Waals surface area contributed by atoms with Crippen molar-refractivity contribution < 1.29 is 4.79 Å². The zero-order valence-electron chi connectivity index (χ0n) is 15.6. The van der Waals surface area contributed by atoms with Crippen LogP contribution in [0.3, 0.4) is 0 Å². The third-order valence-corrected chi connectivity index (χ3v) is 6.66. The van der Waals surface area contributed by atoms with E-state index < -0.39 is 0 Å². The lowest BCUT2D eigenvalue weighted by molar-refractivity contribution is 0.0695. The van der Waals surface area contributed by atoms with Crippen LogP contribution >= 0.6 is 11.3 Å². The van der Waals surface area contributed by atoms with Gasteiger partial charge in [0.15, 0.2) is 0 Å². The fourth-order valence-corrected chi connectivity index (χ4v) is 4.95. The van der Waals surface area contributed by atoms with E-state index in [9.17, 15) is 9.59 Å². The molecule has 2 aromatic heterocycles. The molecule has 5 nitrogen and oxygen atoms in total. The number of fused-ring (bicyclic) bond motifs is 1. The number of rotatable bonds is 3. The number of thiophene rings is 1. The summed E-state index contributed by atoms with van der Waals surface area (Å²) >= 11 is 1.34. The Morgan fingerprint density at radius 1 is 1.22 bits per heavy atom. The van der Waals surface area contributed by atoms with Gasteiger partial charge in [-0.15, -0.1) is 11.3 Å². The largest absolute Gasteiger partial charge is 0.338 e. The van der Waals surface area contributed by atoms with Gasteiger partial charge in [-0.05, 0) is 43.2 Å². The second-order valence-corrected chi connectivity index (χ2v) is 8.32. The zero-order chi connectivity index (χ0) is 19.0. The minimum atomic E-state index is -0.0885. The van der Waals surface area contributed by atoms with Crippen molar-refractivity contribution >= 4 is 27.5 Å². The van der Waals surface area contributed by atoms with Gasteiger partial charge in [0, 0.05) is 20.1 Å². The quantitative estimate of drug-likeness (QED) is 0.699. The van der Waals surface area contributed by atoms with Gasteiger partial charge in [0.25, 0.3) is 11.5 Å². The predicted molar refractivity (Wildman–Crippen MR) is 108 cm³/mol. The number of amides is 1. The van der Waals surface area contributed by atoms with Crippen molar-refractivity contribution in [3.8, 4) is 0 Å². The first-order valence-corrected chi connectivity index (χ1v) is 10.1. The molecule has 0 bridgehead atoms. The van der Waals surface area contributed by atoms with Gasteiger partial charge in [-0.2, -0.15) is 0 Å². The van der Waals surface area contributed by atoms with E-state index in [4.69, 9.17) is 0 Å². The Morgan fingerprint density at radius 2 is 1.93 bits per heavy atom. The van der Waals surface area contributed by atoms with Gasteiger partial charge in [-0.1, -0.05) is 30.3 Å². The number of likely N-dealkylation sites (tertiary alicyclic amines) is 1. The van der Waals surface area contributed by atoms with Crippen LogP contribution in [0.15, 0.2) is 41.5 Å². The van der Waals surface area contributed by atoms with Gasteiger partial charge in [0.1, 0.15) is 4.83 Å². The zero-order valence-corrected chi connectivity index (χ0v) is 16.5. The molecule has 3 aromatic rings. The van der Waals surface area contributed by atoms with Gasteiger partial charge in [-0.3, -0.25) is 9.59 Å². The van der Waals surface area contributed by atoms with E-state index in [0.717, 1.165) is 37.9 Å². The number of hydrogen-bond donors (Lipinski definition) is 0. The summed E-state index contributed by atoms with van der Waals surface area (Å²) in [7, 11) is 1.69. The second-order valence-electron chi connectivity index (χ2n) is 7.32. The Balaban J connectivity index is 1.48. The molecule has 0 unspecified atom stereocenters. The second kappa shape index (κ2) is 7.27. The molecular formula is C21H23N3O2S. The van der Waals surface area contributed by atoms with E-state index in [1.165, 1.54) is 27.8 Å². The molecule has 0 aliphatic carbocycles. The highest BCUT2D eigenvalue weighted by Gasteiger charge is 2.27. The molecule has 3 heterocycles. The van der Waals surface area contributed by atoms with Crippen molar-refractivity contribution in [3.63, 3.8) is 0 Å². The van der Waals surface area contributed by atoms with Crippen molar-refractivity contribution in [2.75, 3.05) is 13.1 Å². The molecule has 1 amide bonds. The number of carbonyl (C=O) groups is 1. The average molecular weight is 382 g/mol. The maximum Gasteiger partial charge on any atom is 0.264 e. The van der Waals surface area contributed by atoms with Crippen molar-refractivity contribution in [3.05, 3.63) is 63.0 Å². The lowest BCUT2D eigenvalue weighted by Gasteiger charge is -2.32. The summed E-state index contributed by atoms with van der Waals surface area (Å²) in [5.41, 5.74) is 2.04. The molecule has 4 rings (SSSR count). The summed E-state index contributed by atoms with van der Waals surface area (Å²) in [5.74, 6) is 0.657. The number of carbonyl (C=O) groups excluding carboxylic acids is 1. The summed E-state index contributed by atoms with van der Waals surface area (Å²) in [6.07, 6.45) is 4.63. The van der Waals surface area contributed by atoms with Crippen molar-refractivity contribution in [2.45, 2.75) is 26.2 Å². The molecule has 140 valence electrons. The first-order valence-electron chi connectivity index (χ1n) is 9.32. The van der Waals surface area contributed by atoms with Crippen molar-refractivity contribution in [1.29, 1.82) is 0 Å². The molecule has 0 atom stereocenters. The Bertz CT molecular complexity index is 1030. The number of aryl methyl sites for hydroxylation is 2. The van der Waals surface area contributed by atoms with Crippen LogP contribution in [0.5, 0.6) is 0 Å². The van der Waals surface area contributed by atoms with E-state index >= 15 is 0 Å². The maximum atomic E-state index is 13.1. The van der Waals surface area contributed by atoms with Crippen molar-refractivity contribution in [1.82, 2.24) is 14.5 Å². The topological polar surface area (TPSA) is 55.2 Å². The Kier molecular flexibility index (Phi) is 4.83. The average Bonchev–Trinajstić information content (AvgIpc) is 3.03. The minimum absolute atomic E-state index is 0.0377. The molecule has 1 aliphatic rings.